The Hall–Kier alpha value is -4.53. The minimum atomic E-state index is -0.857. The van der Waals surface area contributed by atoms with E-state index in [4.69, 9.17) is 18.9 Å². The maximum atomic E-state index is 14.7. The van der Waals surface area contributed by atoms with E-state index in [2.05, 4.69) is 15.6 Å². The Kier molecular flexibility index (Phi) is 25.7. The summed E-state index contributed by atoms with van der Waals surface area (Å²) in [5.41, 5.74) is 1.08. The molecule has 9 atom stereocenters. The van der Waals surface area contributed by atoms with Crippen LogP contribution in [0.15, 0.2) is 41.9 Å². The van der Waals surface area contributed by atoms with Crippen molar-refractivity contribution >= 4 is 46.8 Å². The number of piperidine rings is 1. The fraction of sp³-hybridized carbons (Fsp3) is 0.722. The van der Waals surface area contributed by atoms with Crippen LogP contribution in [0.4, 0.5) is 0 Å². The molecule has 0 bridgehead atoms. The lowest BCUT2D eigenvalue weighted by Gasteiger charge is -2.41. The number of nitrogens with one attached hydrogen (secondary N) is 2. The lowest BCUT2D eigenvalue weighted by atomic mass is 9.89. The highest BCUT2D eigenvalue weighted by Crippen LogP contribution is 2.31. The van der Waals surface area contributed by atoms with Gasteiger partial charge in [0.2, 0.25) is 29.5 Å². The first kappa shape index (κ1) is 61.0. The SMILES string of the molecule is CCC(C)C(C(CC(=O)N1CCCC1C(OC)C(C)C(=O)NC(Cc1ccccc1)c1nccs1)OC)N(C)C(=O)C(NC(=O)C(C(C)C)N(C)CCOCCOCCC(=O)N1CCC(C(=O)O)CC1)C(C)C. The van der Waals surface area contributed by atoms with Crippen molar-refractivity contribution in [1.82, 2.24) is 35.2 Å². The van der Waals surface area contributed by atoms with E-state index in [1.54, 1.807) is 37.3 Å². The number of amides is 5. The predicted molar refractivity (Wildman–Crippen MR) is 280 cm³/mol. The van der Waals surface area contributed by atoms with Gasteiger partial charge >= 0.3 is 5.97 Å². The van der Waals surface area contributed by atoms with Gasteiger partial charge in [-0.15, -0.1) is 11.3 Å². The monoisotopic (exact) mass is 1040 g/mol. The van der Waals surface area contributed by atoms with Gasteiger partial charge in [-0.05, 0) is 62.5 Å². The lowest BCUT2D eigenvalue weighted by Crippen LogP contribution is -2.60. The van der Waals surface area contributed by atoms with Gasteiger partial charge in [0.1, 0.15) is 11.0 Å². The molecule has 410 valence electrons. The van der Waals surface area contributed by atoms with Crippen LogP contribution in [0.5, 0.6) is 0 Å². The fourth-order valence-electron chi connectivity index (χ4n) is 10.4. The van der Waals surface area contributed by atoms with Crippen molar-refractivity contribution in [2.45, 2.75) is 142 Å². The first-order chi connectivity index (χ1) is 34.8. The standard InChI is InChI=1S/C54H87N7O11S/c1-12-37(6)48(43(69-10)34-45(63)61-24-16-19-42(61)49(70-11)38(7)50(64)56-41(52-55-23-32-73-52)33-39-17-14-13-15-18-39)59(9)53(66)46(35(2)3)57-51(65)47(36(4)5)58(8)27-29-72-31-30-71-28-22-44(62)60-25-20-40(21-26-60)54(67)68/h13-15,17-18,23,32,35-38,40-43,46-49H,12,16,19-22,24-31,33-34H2,1-11H3,(H,56,64)(H,57,65)(H,67,68). The summed E-state index contributed by atoms with van der Waals surface area (Å²) >= 11 is 1.49. The number of likely N-dealkylation sites (N-methyl/N-ethyl adjacent to an activating group) is 2. The van der Waals surface area contributed by atoms with E-state index in [-0.39, 0.29) is 78.8 Å². The Morgan fingerprint density at radius 1 is 0.836 bits per heavy atom. The van der Waals surface area contributed by atoms with Crippen LogP contribution in [0.25, 0.3) is 0 Å². The molecule has 73 heavy (non-hydrogen) atoms. The molecule has 18 nitrogen and oxygen atoms in total. The molecule has 4 rings (SSSR count). The summed E-state index contributed by atoms with van der Waals surface area (Å²) in [6, 6.07) is 7.37. The number of carbonyl (C=O) groups excluding carboxylic acids is 5. The maximum Gasteiger partial charge on any atom is 0.306 e. The van der Waals surface area contributed by atoms with Crippen LogP contribution in [0.3, 0.4) is 0 Å². The number of methoxy groups -OCH3 is 2. The largest absolute Gasteiger partial charge is 0.481 e. The summed E-state index contributed by atoms with van der Waals surface area (Å²) in [7, 11) is 6.73. The van der Waals surface area contributed by atoms with Crippen molar-refractivity contribution in [2.24, 2.45) is 29.6 Å². The third-order valence-corrected chi connectivity index (χ3v) is 15.7. The number of carboxylic acids is 1. The topological polar surface area (TPSA) is 209 Å². The minimum Gasteiger partial charge on any atom is -0.481 e. The van der Waals surface area contributed by atoms with E-state index in [1.165, 1.54) is 11.3 Å². The van der Waals surface area contributed by atoms with E-state index in [0.29, 0.717) is 78.1 Å². The molecule has 1 aromatic heterocycles. The van der Waals surface area contributed by atoms with Crippen molar-refractivity contribution < 1.29 is 52.8 Å². The number of aliphatic carboxylic acids is 1. The number of hydrogen-bond donors (Lipinski definition) is 3. The number of aromatic nitrogens is 1. The Balaban J connectivity index is 1.33. The number of thiazole rings is 1. The smallest absolute Gasteiger partial charge is 0.306 e. The van der Waals surface area contributed by atoms with Crippen molar-refractivity contribution in [3.63, 3.8) is 0 Å². The Labute approximate surface area is 438 Å². The predicted octanol–water partition coefficient (Wildman–Crippen LogP) is 5.31. The zero-order chi connectivity index (χ0) is 53.8. The van der Waals surface area contributed by atoms with Crippen LogP contribution in [-0.4, -0.2) is 182 Å². The number of hydrogen-bond acceptors (Lipinski definition) is 13. The minimum absolute atomic E-state index is 0.00324. The van der Waals surface area contributed by atoms with E-state index in [0.717, 1.165) is 17.0 Å². The third-order valence-electron chi connectivity index (χ3n) is 14.8. The average molecular weight is 1040 g/mol. The summed E-state index contributed by atoms with van der Waals surface area (Å²) in [5.74, 6) is -3.14. The molecular formula is C54H87N7O11S. The van der Waals surface area contributed by atoms with Gasteiger partial charge in [0, 0.05) is 59.0 Å². The van der Waals surface area contributed by atoms with E-state index in [9.17, 15) is 33.9 Å². The maximum absolute atomic E-state index is 14.7. The molecule has 9 unspecified atom stereocenters. The molecule has 0 saturated carbocycles. The number of nitrogens with zero attached hydrogens (tertiary/aromatic N) is 5. The second-order valence-corrected chi connectivity index (χ2v) is 21.5. The average Bonchev–Trinajstić information content (AvgIpc) is 4.10. The summed E-state index contributed by atoms with van der Waals surface area (Å²) < 4.78 is 23.6. The van der Waals surface area contributed by atoms with Crippen LogP contribution in [0, 0.1) is 29.6 Å². The molecule has 2 aliphatic rings. The molecule has 2 saturated heterocycles. The van der Waals surface area contributed by atoms with E-state index in [1.807, 2.05) is 101 Å². The van der Waals surface area contributed by atoms with Crippen molar-refractivity contribution in [1.29, 1.82) is 0 Å². The molecule has 2 aliphatic heterocycles. The highest BCUT2D eigenvalue weighted by atomic mass is 32.1. The van der Waals surface area contributed by atoms with Crippen molar-refractivity contribution in [2.75, 3.05) is 80.9 Å². The summed E-state index contributed by atoms with van der Waals surface area (Å²) in [4.78, 5) is 92.7. The number of rotatable bonds is 31. The molecule has 3 heterocycles. The van der Waals surface area contributed by atoms with E-state index < -0.39 is 48.1 Å². The highest BCUT2D eigenvalue weighted by molar-refractivity contribution is 7.09. The number of ether oxygens (including phenoxy) is 4. The quantitative estimate of drug-likeness (QED) is 0.0820. The van der Waals surface area contributed by atoms with Gasteiger partial charge in [0.25, 0.3) is 0 Å². The number of carbonyl (C=O) groups is 6. The normalized spacial score (nSPS) is 18.7. The van der Waals surface area contributed by atoms with Crippen LogP contribution < -0.4 is 10.6 Å². The molecule has 2 fully saturated rings. The van der Waals surface area contributed by atoms with Crippen LogP contribution >= 0.6 is 11.3 Å². The third kappa shape index (κ3) is 17.8. The second kappa shape index (κ2) is 30.7. The van der Waals surface area contributed by atoms with E-state index >= 15 is 0 Å². The number of benzene rings is 1. The van der Waals surface area contributed by atoms with Gasteiger partial charge in [-0.1, -0.05) is 85.2 Å². The zero-order valence-corrected chi connectivity index (χ0v) is 46.3. The van der Waals surface area contributed by atoms with Gasteiger partial charge < -0.3 is 49.4 Å². The lowest BCUT2D eigenvalue weighted by molar-refractivity contribution is -0.148. The Morgan fingerprint density at radius 3 is 2.08 bits per heavy atom. The molecule has 3 N–H and O–H groups in total. The first-order valence-electron chi connectivity index (χ1n) is 26.4. The molecule has 1 aromatic carbocycles. The summed E-state index contributed by atoms with van der Waals surface area (Å²) in [6.45, 7) is 16.7. The molecule has 0 aliphatic carbocycles. The van der Waals surface area contributed by atoms with Crippen molar-refractivity contribution in [3.05, 3.63) is 52.5 Å². The molecule has 5 amide bonds. The van der Waals surface area contributed by atoms with Gasteiger partial charge in [0.05, 0.1) is 87.5 Å². The summed E-state index contributed by atoms with van der Waals surface area (Å²) in [5, 5.41) is 18.2. The Morgan fingerprint density at radius 2 is 1.51 bits per heavy atom. The van der Waals surface area contributed by atoms with Crippen LogP contribution in [0.1, 0.15) is 110 Å². The fourth-order valence-corrected chi connectivity index (χ4v) is 11.1. The van der Waals surface area contributed by atoms with Gasteiger partial charge in [-0.3, -0.25) is 33.7 Å². The number of likely N-dealkylation sites (tertiary alicyclic amines) is 2. The van der Waals surface area contributed by atoms with Crippen LogP contribution in [-0.2, 0) is 54.1 Å². The summed E-state index contributed by atoms with van der Waals surface area (Å²) in [6.07, 6.45) is 4.34. The molecule has 0 radical (unpaired) electrons. The van der Waals surface area contributed by atoms with Gasteiger partial charge in [-0.25, -0.2) is 4.98 Å². The molecule has 0 spiro atoms. The Bertz CT molecular complexity index is 2000. The molecular weight excluding hydrogens is 955 g/mol. The highest BCUT2D eigenvalue weighted by Gasteiger charge is 2.43. The number of carboxylic acid groups (broad SMARTS) is 1. The van der Waals surface area contributed by atoms with Crippen LogP contribution in [0.2, 0.25) is 0 Å². The molecule has 19 heteroatoms. The first-order valence-corrected chi connectivity index (χ1v) is 27.2. The second-order valence-electron chi connectivity index (χ2n) is 20.6. The zero-order valence-electron chi connectivity index (χ0n) is 45.5. The van der Waals surface area contributed by atoms with Gasteiger partial charge in [-0.2, -0.15) is 0 Å². The molecule has 2 aromatic rings. The van der Waals surface area contributed by atoms with Gasteiger partial charge in [0.15, 0.2) is 0 Å². The van der Waals surface area contributed by atoms with Crippen molar-refractivity contribution in [3.8, 4) is 0 Å².